The first kappa shape index (κ1) is 15.9. The van der Waals surface area contributed by atoms with E-state index in [4.69, 9.17) is 0 Å². The Hall–Kier alpha value is -0.570. The van der Waals surface area contributed by atoms with Gasteiger partial charge in [0.25, 0.3) is 0 Å². The van der Waals surface area contributed by atoms with E-state index in [0.717, 1.165) is 13.0 Å². The van der Waals surface area contributed by atoms with Crippen LogP contribution in [0.4, 0.5) is 0 Å². The van der Waals surface area contributed by atoms with Gasteiger partial charge < -0.3 is 10.6 Å². The van der Waals surface area contributed by atoms with Gasteiger partial charge in [-0.05, 0) is 26.8 Å². The summed E-state index contributed by atoms with van der Waals surface area (Å²) in [5, 5.41) is 5.96. The molecule has 0 aromatic carbocycles. The highest BCUT2D eigenvalue weighted by atomic mass is 16.1. The van der Waals surface area contributed by atoms with E-state index in [2.05, 4.69) is 17.6 Å². The summed E-state index contributed by atoms with van der Waals surface area (Å²) in [6, 6.07) is 0.585. The van der Waals surface area contributed by atoms with Crippen molar-refractivity contribution < 1.29 is 4.79 Å². The van der Waals surface area contributed by atoms with Gasteiger partial charge in [-0.15, -0.1) is 0 Å². The molecule has 0 spiro atoms. The van der Waals surface area contributed by atoms with Crippen LogP contribution in [0.15, 0.2) is 0 Å². The molecule has 3 nitrogen and oxygen atoms in total. The van der Waals surface area contributed by atoms with Crippen LogP contribution in [-0.4, -0.2) is 25.5 Å². The van der Waals surface area contributed by atoms with E-state index in [0.29, 0.717) is 6.04 Å². The standard InChI is InChI=1S/C9H20N2O.C2H6/c1-8(10-3)6-4-5-7-11-9(2)12;1-2/h8,10H,4-7H2,1-3H3,(H,11,12);1-2H3. The Morgan fingerprint density at radius 3 is 2.29 bits per heavy atom. The molecule has 0 heterocycles. The van der Waals surface area contributed by atoms with Crippen molar-refractivity contribution in [2.75, 3.05) is 13.6 Å². The molecule has 0 saturated carbocycles. The highest BCUT2D eigenvalue weighted by Crippen LogP contribution is 1.98. The average Bonchev–Trinajstić information content (AvgIpc) is 2.19. The molecule has 0 aromatic heterocycles. The molecule has 2 N–H and O–H groups in total. The van der Waals surface area contributed by atoms with Crippen molar-refractivity contribution in [1.29, 1.82) is 0 Å². The second-order valence-electron chi connectivity index (χ2n) is 3.17. The zero-order valence-corrected chi connectivity index (χ0v) is 10.3. The van der Waals surface area contributed by atoms with Crippen molar-refractivity contribution in [2.24, 2.45) is 0 Å². The number of hydrogen-bond donors (Lipinski definition) is 2. The van der Waals surface area contributed by atoms with Crippen LogP contribution < -0.4 is 10.6 Å². The minimum absolute atomic E-state index is 0.0664. The van der Waals surface area contributed by atoms with Crippen LogP contribution in [0.5, 0.6) is 0 Å². The second-order valence-corrected chi connectivity index (χ2v) is 3.17. The van der Waals surface area contributed by atoms with Gasteiger partial charge in [-0.25, -0.2) is 0 Å². The highest BCUT2D eigenvalue weighted by Gasteiger charge is 1.97. The zero-order valence-electron chi connectivity index (χ0n) is 10.3. The normalized spacial score (nSPS) is 11.2. The molecule has 14 heavy (non-hydrogen) atoms. The van der Waals surface area contributed by atoms with Crippen LogP contribution in [0.2, 0.25) is 0 Å². The third-order valence-electron chi connectivity index (χ3n) is 1.93. The fraction of sp³-hybridized carbons (Fsp3) is 0.909. The molecular formula is C11H26N2O. The molecule has 86 valence electrons. The van der Waals surface area contributed by atoms with Gasteiger partial charge in [0.1, 0.15) is 0 Å². The van der Waals surface area contributed by atoms with Crippen LogP contribution in [0.25, 0.3) is 0 Å². The minimum atomic E-state index is 0.0664. The average molecular weight is 202 g/mol. The lowest BCUT2D eigenvalue weighted by Crippen LogP contribution is -2.23. The molecule has 0 aliphatic heterocycles. The molecule has 0 fully saturated rings. The van der Waals surface area contributed by atoms with E-state index in [9.17, 15) is 4.79 Å². The lowest BCUT2D eigenvalue weighted by molar-refractivity contribution is -0.118. The van der Waals surface area contributed by atoms with Crippen molar-refractivity contribution in [3.63, 3.8) is 0 Å². The van der Waals surface area contributed by atoms with E-state index in [1.807, 2.05) is 20.9 Å². The maximum Gasteiger partial charge on any atom is 0.216 e. The number of rotatable bonds is 6. The van der Waals surface area contributed by atoms with Crippen LogP contribution in [0.3, 0.4) is 0 Å². The molecule has 0 aliphatic rings. The summed E-state index contributed by atoms with van der Waals surface area (Å²) in [7, 11) is 1.97. The molecule has 0 aromatic rings. The van der Waals surface area contributed by atoms with Gasteiger partial charge in [-0.3, -0.25) is 4.79 Å². The SMILES string of the molecule is CC.CNC(C)CCCCNC(C)=O. The topological polar surface area (TPSA) is 41.1 Å². The van der Waals surface area contributed by atoms with Gasteiger partial charge >= 0.3 is 0 Å². The van der Waals surface area contributed by atoms with Gasteiger partial charge in [0.05, 0.1) is 0 Å². The van der Waals surface area contributed by atoms with Gasteiger partial charge in [-0.2, -0.15) is 0 Å². The molecule has 3 heteroatoms. The fourth-order valence-electron chi connectivity index (χ4n) is 0.984. The van der Waals surface area contributed by atoms with E-state index >= 15 is 0 Å². The summed E-state index contributed by atoms with van der Waals surface area (Å²) in [5.74, 6) is 0.0664. The molecule has 1 amide bonds. The molecule has 1 atom stereocenters. The number of nitrogens with one attached hydrogen (secondary N) is 2. The van der Waals surface area contributed by atoms with Crippen molar-refractivity contribution in [3.8, 4) is 0 Å². The number of carbonyl (C=O) groups is 1. The summed E-state index contributed by atoms with van der Waals surface area (Å²) in [6.07, 6.45) is 3.42. The van der Waals surface area contributed by atoms with Gasteiger partial charge in [0, 0.05) is 19.5 Å². The highest BCUT2D eigenvalue weighted by molar-refractivity contribution is 5.72. The third-order valence-corrected chi connectivity index (χ3v) is 1.93. The predicted molar refractivity (Wildman–Crippen MR) is 62.4 cm³/mol. The summed E-state index contributed by atoms with van der Waals surface area (Å²) < 4.78 is 0. The molecule has 0 bridgehead atoms. The lowest BCUT2D eigenvalue weighted by atomic mass is 10.1. The Kier molecular flexibility index (Phi) is 14.1. The maximum atomic E-state index is 10.5. The smallest absolute Gasteiger partial charge is 0.216 e. The fourth-order valence-corrected chi connectivity index (χ4v) is 0.984. The Bertz CT molecular complexity index is 126. The molecule has 1 unspecified atom stereocenters. The van der Waals surface area contributed by atoms with Gasteiger partial charge in [0.2, 0.25) is 5.91 Å². The Morgan fingerprint density at radius 2 is 1.86 bits per heavy atom. The first-order valence-corrected chi connectivity index (χ1v) is 5.58. The number of unbranched alkanes of at least 4 members (excludes halogenated alkanes) is 1. The Labute approximate surface area is 88.7 Å². The quantitative estimate of drug-likeness (QED) is 0.646. The Balaban J connectivity index is 0. The third kappa shape index (κ3) is 14.0. The summed E-state index contributed by atoms with van der Waals surface area (Å²) in [4.78, 5) is 10.5. The van der Waals surface area contributed by atoms with E-state index in [-0.39, 0.29) is 5.91 Å². The van der Waals surface area contributed by atoms with E-state index in [1.165, 1.54) is 12.8 Å². The monoisotopic (exact) mass is 202 g/mol. The summed E-state index contributed by atoms with van der Waals surface area (Å²) in [5.41, 5.74) is 0. The largest absolute Gasteiger partial charge is 0.356 e. The second kappa shape index (κ2) is 12.4. The minimum Gasteiger partial charge on any atom is -0.356 e. The van der Waals surface area contributed by atoms with Crippen LogP contribution >= 0.6 is 0 Å². The lowest BCUT2D eigenvalue weighted by Gasteiger charge is -2.08. The van der Waals surface area contributed by atoms with Crippen molar-refractivity contribution in [2.45, 2.75) is 53.0 Å². The molecule has 0 radical (unpaired) electrons. The van der Waals surface area contributed by atoms with Gasteiger partial charge in [0.15, 0.2) is 0 Å². The Morgan fingerprint density at radius 1 is 1.29 bits per heavy atom. The molecule has 0 aliphatic carbocycles. The van der Waals surface area contributed by atoms with Crippen molar-refractivity contribution in [3.05, 3.63) is 0 Å². The van der Waals surface area contributed by atoms with Crippen molar-refractivity contribution in [1.82, 2.24) is 10.6 Å². The molecule has 0 saturated heterocycles. The number of amides is 1. The van der Waals surface area contributed by atoms with Gasteiger partial charge in [-0.1, -0.05) is 20.3 Å². The summed E-state index contributed by atoms with van der Waals surface area (Å²) >= 11 is 0. The van der Waals surface area contributed by atoms with Crippen LogP contribution in [0, 0.1) is 0 Å². The summed E-state index contributed by atoms with van der Waals surface area (Å²) in [6.45, 7) is 8.53. The number of carbonyl (C=O) groups excluding carboxylic acids is 1. The van der Waals surface area contributed by atoms with Crippen molar-refractivity contribution >= 4 is 5.91 Å². The predicted octanol–water partition coefficient (Wildman–Crippen LogP) is 1.93. The van der Waals surface area contributed by atoms with E-state index < -0.39 is 0 Å². The van der Waals surface area contributed by atoms with E-state index in [1.54, 1.807) is 6.92 Å². The van der Waals surface area contributed by atoms with Crippen LogP contribution in [-0.2, 0) is 4.79 Å². The molecular weight excluding hydrogens is 176 g/mol. The van der Waals surface area contributed by atoms with Crippen LogP contribution in [0.1, 0.15) is 47.0 Å². The number of hydrogen-bond acceptors (Lipinski definition) is 2. The first-order valence-electron chi connectivity index (χ1n) is 5.58. The maximum absolute atomic E-state index is 10.5. The zero-order chi connectivity index (χ0) is 11.4. The molecule has 0 rings (SSSR count). The first-order chi connectivity index (χ1) is 6.66.